The Labute approximate surface area is 97.4 Å². The maximum absolute atomic E-state index is 11.7. The van der Waals surface area contributed by atoms with Crippen LogP contribution in [0.5, 0.6) is 0 Å². The van der Waals surface area contributed by atoms with Gasteiger partial charge in [0.1, 0.15) is 0 Å². The van der Waals surface area contributed by atoms with Crippen LogP contribution >= 0.6 is 0 Å². The minimum Gasteiger partial charge on any atom is -0.380 e. The van der Waals surface area contributed by atoms with Gasteiger partial charge in [-0.2, -0.15) is 0 Å². The monoisotopic (exact) mass is 220 g/mol. The van der Waals surface area contributed by atoms with Crippen LogP contribution in [-0.4, -0.2) is 19.0 Å². The van der Waals surface area contributed by atoms with Crippen molar-refractivity contribution in [3.8, 4) is 0 Å². The summed E-state index contributed by atoms with van der Waals surface area (Å²) in [5, 5.41) is 0. The molecule has 88 valence electrons. The fraction of sp³-hybridized carbons (Fsp3) is 0.643. The van der Waals surface area contributed by atoms with Crippen LogP contribution in [0.1, 0.15) is 33.6 Å². The maximum Gasteiger partial charge on any atom is 0.155 e. The summed E-state index contributed by atoms with van der Waals surface area (Å²) < 4.78 is 5.59. The number of fused-ring (bicyclic) bond motifs is 1. The molecule has 1 aliphatic heterocycles. The molecule has 1 aliphatic carbocycles. The van der Waals surface area contributed by atoms with E-state index in [1.807, 2.05) is 0 Å². The van der Waals surface area contributed by atoms with Gasteiger partial charge in [0.05, 0.1) is 13.2 Å². The van der Waals surface area contributed by atoms with Crippen LogP contribution in [-0.2, 0) is 9.53 Å². The number of allylic oxidation sites excluding steroid dienone is 2. The van der Waals surface area contributed by atoms with Crippen molar-refractivity contribution in [3.63, 3.8) is 0 Å². The zero-order chi connectivity index (χ0) is 11.9. The molecule has 0 aromatic heterocycles. The Morgan fingerprint density at radius 3 is 2.88 bits per heavy atom. The van der Waals surface area contributed by atoms with Gasteiger partial charge in [0.2, 0.25) is 0 Å². The molecular formula is C14H20O2. The Bertz CT molecular complexity index is 378. The van der Waals surface area contributed by atoms with Crippen molar-refractivity contribution in [2.75, 3.05) is 13.2 Å². The van der Waals surface area contributed by atoms with E-state index in [2.05, 4.69) is 20.4 Å². The fourth-order valence-electron chi connectivity index (χ4n) is 3.05. The summed E-state index contributed by atoms with van der Waals surface area (Å²) in [5.74, 6) is 0.623. The Morgan fingerprint density at radius 2 is 2.25 bits per heavy atom. The number of carbonyl (C=O) groups excluding carboxylic acids is 1. The Hall–Kier alpha value is -0.890. The average molecular weight is 220 g/mol. The lowest BCUT2D eigenvalue weighted by molar-refractivity contribution is -0.114. The topological polar surface area (TPSA) is 26.3 Å². The molecule has 0 bridgehead atoms. The molecule has 0 aromatic carbocycles. The molecule has 0 saturated carbocycles. The van der Waals surface area contributed by atoms with E-state index in [0.29, 0.717) is 5.92 Å². The third-order valence-corrected chi connectivity index (χ3v) is 4.06. The van der Waals surface area contributed by atoms with E-state index in [1.165, 1.54) is 11.1 Å². The maximum atomic E-state index is 11.7. The van der Waals surface area contributed by atoms with E-state index < -0.39 is 0 Å². The Morgan fingerprint density at radius 1 is 1.56 bits per heavy atom. The van der Waals surface area contributed by atoms with Crippen molar-refractivity contribution in [2.24, 2.45) is 11.3 Å². The van der Waals surface area contributed by atoms with Crippen molar-refractivity contribution in [3.05, 3.63) is 23.3 Å². The van der Waals surface area contributed by atoms with Gasteiger partial charge in [-0.3, -0.25) is 4.79 Å². The van der Waals surface area contributed by atoms with Crippen LogP contribution in [0.3, 0.4) is 0 Å². The molecule has 0 radical (unpaired) electrons. The van der Waals surface area contributed by atoms with Gasteiger partial charge in [0.25, 0.3) is 0 Å². The second-order valence-electron chi connectivity index (χ2n) is 5.55. The van der Waals surface area contributed by atoms with Gasteiger partial charge in [-0.05, 0) is 32.3 Å². The van der Waals surface area contributed by atoms with Crippen LogP contribution in [0.15, 0.2) is 23.3 Å². The molecule has 1 fully saturated rings. The SMILES string of the molecule is C=C1CC(C)=C(C(C)=O)CC2(C)COCC12. The minimum absolute atomic E-state index is 0.0792. The first-order valence-electron chi connectivity index (χ1n) is 5.89. The summed E-state index contributed by atoms with van der Waals surface area (Å²) in [6.45, 7) is 11.7. The molecule has 2 rings (SSSR count). The molecule has 2 aliphatic rings. The summed E-state index contributed by atoms with van der Waals surface area (Å²) in [5.41, 5.74) is 3.51. The predicted molar refractivity (Wildman–Crippen MR) is 64.2 cm³/mol. The lowest BCUT2D eigenvalue weighted by Gasteiger charge is -2.29. The van der Waals surface area contributed by atoms with Crippen LogP contribution < -0.4 is 0 Å². The first-order chi connectivity index (χ1) is 7.44. The van der Waals surface area contributed by atoms with E-state index in [1.54, 1.807) is 6.92 Å². The van der Waals surface area contributed by atoms with Gasteiger partial charge in [0.15, 0.2) is 5.78 Å². The van der Waals surface area contributed by atoms with Crippen LogP contribution in [0, 0.1) is 11.3 Å². The number of hydrogen-bond donors (Lipinski definition) is 0. The van der Waals surface area contributed by atoms with E-state index in [0.717, 1.165) is 31.6 Å². The molecule has 2 nitrogen and oxygen atoms in total. The van der Waals surface area contributed by atoms with Gasteiger partial charge in [-0.15, -0.1) is 0 Å². The van der Waals surface area contributed by atoms with Crippen molar-refractivity contribution >= 4 is 5.78 Å². The summed E-state index contributed by atoms with van der Waals surface area (Å²) >= 11 is 0. The summed E-state index contributed by atoms with van der Waals surface area (Å²) in [6, 6.07) is 0. The third-order valence-electron chi connectivity index (χ3n) is 4.06. The number of hydrogen-bond acceptors (Lipinski definition) is 2. The third kappa shape index (κ3) is 1.75. The van der Waals surface area contributed by atoms with Crippen LogP contribution in [0.2, 0.25) is 0 Å². The first kappa shape index (κ1) is 11.6. The number of ether oxygens (including phenoxy) is 1. The highest BCUT2D eigenvalue weighted by molar-refractivity contribution is 5.94. The average Bonchev–Trinajstić information content (AvgIpc) is 2.52. The van der Waals surface area contributed by atoms with Crippen molar-refractivity contribution in [1.29, 1.82) is 0 Å². The quantitative estimate of drug-likeness (QED) is 0.635. The van der Waals surface area contributed by atoms with Crippen molar-refractivity contribution in [1.82, 2.24) is 0 Å². The molecule has 2 heteroatoms. The zero-order valence-corrected chi connectivity index (χ0v) is 10.4. The molecule has 0 N–H and O–H groups in total. The fourth-order valence-corrected chi connectivity index (χ4v) is 3.05. The second kappa shape index (κ2) is 3.85. The van der Waals surface area contributed by atoms with Crippen LogP contribution in [0.25, 0.3) is 0 Å². The molecule has 1 saturated heterocycles. The van der Waals surface area contributed by atoms with Gasteiger partial charge in [-0.1, -0.05) is 24.6 Å². The number of Topliss-reactive ketones (excluding diaryl/α,β-unsaturated/α-hetero) is 1. The van der Waals surface area contributed by atoms with Gasteiger partial charge >= 0.3 is 0 Å². The Balaban J connectivity index is 2.40. The standard InChI is InChI=1S/C14H20O2/c1-9-5-10(2)13-7-16-8-14(13,4)6-12(9)11(3)15/h13H,2,5-8H2,1,3-4H3. The van der Waals surface area contributed by atoms with E-state index in [-0.39, 0.29) is 11.2 Å². The first-order valence-corrected chi connectivity index (χ1v) is 5.89. The van der Waals surface area contributed by atoms with Gasteiger partial charge in [-0.25, -0.2) is 0 Å². The molecule has 2 unspecified atom stereocenters. The highest BCUT2D eigenvalue weighted by atomic mass is 16.5. The molecule has 2 atom stereocenters. The largest absolute Gasteiger partial charge is 0.380 e. The number of rotatable bonds is 1. The predicted octanol–water partition coefficient (Wildman–Crippen LogP) is 2.89. The van der Waals surface area contributed by atoms with Crippen LogP contribution in [0.4, 0.5) is 0 Å². The van der Waals surface area contributed by atoms with Gasteiger partial charge < -0.3 is 4.74 Å². The highest BCUT2D eigenvalue weighted by Gasteiger charge is 2.44. The molecule has 0 spiro atoms. The summed E-state index contributed by atoms with van der Waals surface area (Å²) in [7, 11) is 0. The lowest BCUT2D eigenvalue weighted by atomic mass is 9.73. The number of ketones is 1. The molecule has 0 amide bonds. The zero-order valence-electron chi connectivity index (χ0n) is 10.4. The van der Waals surface area contributed by atoms with E-state index >= 15 is 0 Å². The number of carbonyl (C=O) groups is 1. The lowest BCUT2D eigenvalue weighted by Crippen LogP contribution is -2.27. The second-order valence-corrected chi connectivity index (χ2v) is 5.55. The molecule has 0 aromatic rings. The Kier molecular flexibility index (Phi) is 2.79. The molecule has 16 heavy (non-hydrogen) atoms. The highest BCUT2D eigenvalue weighted by Crippen LogP contribution is 2.47. The van der Waals surface area contributed by atoms with Crippen molar-refractivity contribution in [2.45, 2.75) is 33.6 Å². The normalized spacial score (nSPS) is 34.9. The smallest absolute Gasteiger partial charge is 0.155 e. The van der Waals surface area contributed by atoms with Gasteiger partial charge in [0, 0.05) is 11.3 Å². The van der Waals surface area contributed by atoms with E-state index in [4.69, 9.17) is 4.74 Å². The summed E-state index contributed by atoms with van der Waals surface area (Å²) in [4.78, 5) is 11.7. The molecule has 1 heterocycles. The minimum atomic E-state index is 0.0792. The van der Waals surface area contributed by atoms with Crippen molar-refractivity contribution < 1.29 is 9.53 Å². The van der Waals surface area contributed by atoms with E-state index in [9.17, 15) is 4.79 Å². The molecular weight excluding hydrogens is 200 g/mol. The summed E-state index contributed by atoms with van der Waals surface area (Å²) in [6.07, 6.45) is 1.70.